The molecule has 188 valence electrons. The van der Waals surface area contributed by atoms with E-state index in [1.807, 2.05) is 32.0 Å². The lowest BCUT2D eigenvalue weighted by atomic mass is 9.77. The van der Waals surface area contributed by atoms with Crippen LogP contribution in [0.15, 0.2) is 36.4 Å². The number of ether oxygens (including phenoxy) is 4. The first-order valence-electron chi connectivity index (χ1n) is 12.3. The average Bonchev–Trinajstić information content (AvgIpc) is 3.36. The van der Waals surface area contributed by atoms with Crippen LogP contribution >= 0.6 is 0 Å². The zero-order chi connectivity index (χ0) is 24.8. The summed E-state index contributed by atoms with van der Waals surface area (Å²) in [4.78, 5) is 28.1. The maximum Gasteiger partial charge on any atom is 0.243 e. The lowest BCUT2D eigenvalue weighted by molar-refractivity contribution is -0.138. The van der Waals surface area contributed by atoms with Gasteiger partial charge < -0.3 is 29.2 Å². The molecule has 2 aliphatic rings. The summed E-state index contributed by atoms with van der Waals surface area (Å²) in [5.74, 6) is 2.25. The van der Waals surface area contributed by atoms with Crippen molar-refractivity contribution < 1.29 is 28.5 Å². The molecule has 35 heavy (non-hydrogen) atoms. The fourth-order valence-electron chi connectivity index (χ4n) is 4.93. The van der Waals surface area contributed by atoms with Gasteiger partial charge in [-0.3, -0.25) is 9.59 Å². The summed E-state index contributed by atoms with van der Waals surface area (Å²) in [5, 5.41) is 2.87. The van der Waals surface area contributed by atoms with Crippen molar-refractivity contribution in [1.82, 2.24) is 4.90 Å². The highest BCUT2D eigenvalue weighted by Crippen LogP contribution is 2.45. The first-order chi connectivity index (χ1) is 17.0. The molecule has 0 radical (unpaired) electrons. The number of hydrogen-bond acceptors (Lipinski definition) is 6. The zero-order valence-electron chi connectivity index (χ0n) is 20.7. The van der Waals surface area contributed by atoms with Crippen LogP contribution in [0.25, 0.3) is 0 Å². The molecular weight excluding hydrogens is 448 g/mol. The molecule has 0 aromatic heterocycles. The van der Waals surface area contributed by atoms with Crippen LogP contribution in [0, 0.1) is 0 Å². The summed E-state index contributed by atoms with van der Waals surface area (Å²) in [6.07, 6.45) is 3.42. The Morgan fingerprint density at radius 2 is 1.63 bits per heavy atom. The third-order valence-corrected chi connectivity index (χ3v) is 6.52. The second-order valence-electron chi connectivity index (χ2n) is 8.88. The summed E-state index contributed by atoms with van der Waals surface area (Å²) >= 11 is 0. The van der Waals surface area contributed by atoms with E-state index >= 15 is 0 Å². The Morgan fingerprint density at radius 3 is 2.34 bits per heavy atom. The molecule has 0 atom stereocenters. The number of carbonyl (C=O) groups is 2. The van der Waals surface area contributed by atoms with Crippen molar-refractivity contribution >= 4 is 17.5 Å². The van der Waals surface area contributed by atoms with Gasteiger partial charge in [0.15, 0.2) is 23.0 Å². The summed E-state index contributed by atoms with van der Waals surface area (Å²) in [6.45, 7) is 5.76. The van der Waals surface area contributed by atoms with Gasteiger partial charge in [0.2, 0.25) is 11.8 Å². The topological polar surface area (TPSA) is 86.3 Å². The van der Waals surface area contributed by atoms with Crippen molar-refractivity contribution in [3.8, 4) is 23.0 Å². The Bertz CT molecular complexity index is 1060. The average molecular weight is 483 g/mol. The molecule has 1 aliphatic heterocycles. The SMILES string of the molecule is CCOc1ccc(NC(=O)CN(C)C(=O)C2(c3ccc4c(c3)OCCO4)CCCC2)cc1OCC. The van der Waals surface area contributed by atoms with Crippen molar-refractivity contribution in [2.45, 2.75) is 44.9 Å². The number of hydrogen-bond donors (Lipinski definition) is 1. The number of likely N-dealkylation sites (N-methyl/N-ethyl adjacent to an activating group) is 1. The molecule has 1 fully saturated rings. The number of nitrogens with one attached hydrogen (secondary N) is 1. The highest BCUT2D eigenvalue weighted by atomic mass is 16.6. The first kappa shape index (κ1) is 24.7. The van der Waals surface area contributed by atoms with Crippen LogP contribution in [0.5, 0.6) is 23.0 Å². The Hall–Kier alpha value is -3.42. The molecule has 1 N–H and O–H groups in total. The second kappa shape index (κ2) is 10.9. The lowest BCUT2D eigenvalue weighted by Gasteiger charge is -2.33. The van der Waals surface area contributed by atoms with Crippen LogP contribution in [0.2, 0.25) is 0 Å². The highest BCUT2D eigenvalue weighted by Gasteiger charge is 2.45. The van der Waals surface area contributed by atoms with Crippen LogP contribution < -0.4 is 24.3 Å². The first-order valence-corrected chi connectivity index (χ1v) is 12.3. The van der Waals surface area contributed by atoms with Crippen molar-refractivity contribution in [3.63, 3.8) is 0 Å². The molecule has 1 saturated carbocycles. The largest absolute Gasteiger partial charge is 0.490 e. The van der Waals surface area contributed by atoms with Gasteiger partial charge in [0.05, 0.1) is 25.2 Å². The molecule has 2 aromatic carbocycles. The number of carbonyl (C=O) groups excluding carboxylic acids is 2. The van der Waals surface area contributed by atoms with Crippen LogP contribution in [-0.4, -0.2) is 56.7 Å². The van der Waals surface area contributed by atoms with Crippen molar-refractivity contribution in [3.05, 3.63) is 42.0 Å². The van der Waals surface area contributed by atoms with Gasteiger partial charge in [-0.05, 0) is 56.5 Å². The van der Waals surface area contributed by atoms with Gasteiger partial charge in [-0.25, -0.2) is 0 Å². The van der Waals surface area contributed by atoms with Crippen LogP contribution in [0.3, 0.4) is 0 Å². The normalized spacial score (nSPS) is 15.9. The van der Waals surface area contributed by atoms with Gasteiger partial charge in [-0.1, -0.05) is 18.9 Å². The number of nitrogens with zero attached hydrogens (tertiary/aromatic N) is 1. The van der Waals surface area contributed by atoms with Crippen LogP contribution in [0.1, 0.15) is 45.1 Å². The molecule has 1 aliphatic carbocycles. The minimum atomic E-state index is -0.661. The summed E-state index contributed by atoms with van der Waals surface area (Å²) in [7, 11) is 1.68. The number of fused-ring (bicyclic) bond motifs is 1. The summed E-state index contributed by atoms with van der Waals surface area (Å²) in [5.41, 5.74) is 0.848. The smallest absolute Gasteiger partial charge is 0.243 e. The van der Waals surface area contributed by atoms with E-state index in [2.05, 4.69) is 5.32 Å². The zero-order valence-corrected chi connectivity index (χ0v) is 20.7. The molecular formula is C27H34N2O6. The number of rotatable bonds is 9. The number of anilines is 1. The minimum absolute atomic E-state index is 0.0523. The third kappa shape index (κ3) is 5.31. The molecule has 0 unspecified atom stereocenters. The van der Waals surface area contributed by atoms with E-state index in [9.17, 15) is 9.59 Å². The van der Waals surface area contributed by atoms with Gasteiger partial charge in [0, 0.05) is 18.8 Å². The van der Waals surface area contributed by atoms with E-state index in [1.165, 1.54) is 4.90 Å². The molecule has 2 aromatic rings. The molecule has 0 spiro atoms. The fraction of sp³-hybridized carbons (Fsp3) is 0.481. The third-order valence-electron chi connectivity index (χ3n) is 6.52. The summed E-state index contributed by atoms with van der Waals surface area (Å²) < 4.78 is 22.6. The predicted octanol–water partition coefficient (Wildman–Crippen LogP) is 4.16. The molecule has 2 amide bonds. The monoisotopic (exact) mass is 482 g/mol. The molecule has 0 saturated heterocycles. The van der Waals surface area contributed by atoms with Gasteiger partial charge in [0.1, 0.15) is 13.2 Å². The quantitative estimate of drug-likeness (QED) is 0.578. The van der Waals surface area contributed by atoms with E-state index < -0.39 is 5.41 Å². The highest BCUT2D eigenvalue weighted by molar-refractivity contribution is 5.97. The van der Waals surface area contributed by atoms with Crippen LogP contribution in [-0.2, 0) is 15.0 Å². The Labute approximate surface area is 206 Å². The standard InChI is InChI=1S/C27H34N2O6/c1-4-32-21-11-9-20(17-24(21)33-5-2)28-25(30)18-29(3)26(31)27(12-6-7-13-27)19-8-10-22-23(16-19)35-15-14-34-22/h8-11,16-17H,4-7,12-15,18H2,1-3H3,(H,28,30). The fourth-order valence-corrected chi connectivity index (χ4v) is 4.93. The molecule has 4 rings (SSSR count). The van der Waals surface area contributed by atoms with Gasteiger partial charge in [0.25, 0.3) is 0 Å². The maximum atomic E-state index is 13.7. The van der Waals surface area contributed by atoms with Gasteiger partial charge in [-0.2, -0.15) is 0 Å². The van der Waals surface area contributed by atoms with Gasteiger partial charge in [-0.15, -0.1) is 0 Å². The predicted molar refractivity (Wildman–Crippen MR) is 133 cm³/mol. The Morgan fingerprint density at radius 1 is 0.943 bits per heavy atom. The summed E-state index contributed by atoms with van der Waals surface area (Å²) in [6, 6.07) is 11.0. The van der Waals surface area contributed by atoms with Crippen LogP contribution in [0.4, 0.5) is 5.69 Å². The van der Waals surface area contributed by atoms with E-state index in [-0.39, 0.29) is 18.4 Å². The second-order valence-corrected chi connectivity index (χ2v) is 8.88. The maximum absolute atomic E-state index is 13.7. The van der Waals surface area contributed by atoms with E-state index in [0.29, 0.717) is 55.1 Å². The van der Waals surface area contributed by atoms with Crippen molar-refractivity contribution in [2.24, 2.45) is 0 Å². The van der Waals surface area contributed by atoms with E-state index in [4.69, 9.17) is 18.9 Å². The Kier molecular flexibility index (Phi) is 7.68. The minimum Gasteiger partial charge on any atom is -0.490 e. The van der Waals surface area contributed by atoms with E-state index in [0.717, 1.165) is 31.2 Å². The molecule has 8 heteroatoms. The molecule has 1 heterocycles. The number of benzene rings is 2. The van der Waals surface area contributed by atoms with Gasteiger partial charge >= 0.3 is 0 Å². The van der Waals surface area contributed by atoms with E-state index in [1.54, 1.807) is 25.2 Å². The lowest BCUT2D eigenvalue weighted by Crippen LogP contribution is -2.46. The van der Waals surface area contributed by atoms with Crippen molar-refractivity contribution in [1.29, 1.82) is 0 Å². The Balaban J connectivity index is 1.46. The number of amides is 2. The molecule has 0 bridgehead atoms. The van der Waals surface area contributed by atoms with Crippen molar-refractivity contribution in [2.75, 3.05) is 45.3 Å². The molecule has 8 nitrogen and oxygen atoms in total.